The molecule has 0 amide bonds. The highest BCUT2D eigenvalue weighted by Gasteiger charge is 2.13. The van der Waals surface area contributed by atoms with Crippen molar-refractivity contribution in [2.24, 2.45) is 5.84 Å². The number of rotatable bonds is 6. The third kappa shape index (κ3) is 3.59. The van der Waals surface area contributed by atoms with Crippen LogP contribution in [0.3, 0.4) is 0 Å². The summed E-state index contributed by atoms with van der Waals surface area (Å²) in [6.45, 7) is 4.20. The van der Waals surface area contributed by atoms with Crippen LogP contribution in [0.25, 0.3) is 0 Å². The smallest absolute Gasteiger partial charge is 0.0561 e. The summed E-state index contributed by atoms with van der Waals surface area (Å²) in [6, 6.07) is 8.71. The van der Waals surface area contributed by atoms with Crippen molar-refractivity contribution in [2.75, 3.05) is 7.11 Å². The number of aryl methyl sites for hydroxylation is 1. The normalized spacial score (nSPS) is 14.8. The lowest BCUT2D eigenvalue weighted by molar-refractivity contribution is 0.100. The third-order valence-electron chi connectivity index (χ3n) is 2.96. The van der Waals surface area contributed by atoms with Gasteiger partial charge in [-0.15, -0.1) is 0 Å². The minimum absolute atomic E-state index is 0.154. The van der Waals surface area contributed by atoms with Gasteiger partial charge >= 0.3 is 0 Å². The molecule has 0 bridgehead atoms. The lowest BCUT2D eigenvalue weighted by Gasteiger charge is -2.20. The number of hydrazine groups is 1. The lowest BCUT2D eigenvalue weighted by atomic mass is 10.00. The Hall–Kier alpha value is -0.900. The topological polar surface area (TPSA) is 47.3 Å². The van der Waals surface area contributed by atoms with Gasteiger partial charge in [0.2, 0.25) is 0 Å². The molecule has 16 heavy (non-hydrogen) atoms. The Morgan fingerprint density at radius 1 is 1.31 bits per heavy atom. The van der Waals surface area contributed by atoms with Crippen molar-refractivity contribution >= 4 is 0 Å². The molecule has 90 valence electrons. The molecule has 1 rings (SSSR count). The first-order chi connectivity index (χ1) is 7.71. The van der Waals surface area contributed by atoms with Crippen molar-refractivity contribution in [1.82, 2.24) is 5.43 Å². The van der Waals surface area contributed by atoms with Gasteiger partial charge in [-0.3, -0.25) is 11.3 Å². The maximum absolute atomic E-state index is 5.57. The first kappa shape index (κ1) is 13.2. The second-order valence-electron chi connectivity index (χ2n) is 4.10. The average Bonchev–Trinajstić information content (AvgIpc) is 2.35. The van der Waals surface area contributed by atoms with Gasteiger partial charge in [0.25, 0.3) is 0 Å². The van der Waals surface area contributed by atoms with Crippen molar-refractivity contribution in [2.45, 2.75) is 38.8 Å². The Bertz CT molecular complexity index is 297. The quantitative estimate of drug-likeness (QED) is 0.573. The highest BCUT2D eigenvalue weighted by atomic mass is 16.5. The zero-order chi connectivity index (χ0) is 12.0. The van der Waals surface area contributed by atoms with E-state index >= 15 is 0 Å². The molecule has 0 fully saturated rings. The van der Waals surface area contributed by atoms with Crippen molar-refractivity contribution in [3.63, 3.8) is 0 Å². The molecule has 0 heterocycles. The van der Waals surface area contributed by atoms with E-state index in [0.717, 1.165) is 12.8 Å². The van der Waals surface area contributed by atoms with Crippen LogP contribution in [0.4, 0.5) is 0 Å². The second-order valence-corrected chi connectivity index (χ2v) is 4.10. The molecule has 3 nitrogen and oxygen atoms in total. The molecule has 3 N–H and O–H groups in total. The standard InChI is InChI=1S/C13H22N2O/c1-4-11-5-7-12(8-6-11)13(15-14)9-10(2)16-3/h5-8,10,13,15H,4,9,14H2,1-3H3. The van der Waals surface area contributed by atoms with Crippen LogP contribution < -0.4 is 11.3 Å². The van der Waals surface area contributed by atoms with Gasteiger partial charge in [0.15, 0.2) is 0 Å². The summed E-state index contributed by atoms with van der Waals surface area (Å²) in [6.07, 6.45) is 2.14. The lowest BCUT2D eigenvalue weighted by Crippen LogP contribution is -2.30. The van der Waals surface area contributed by atoms with Crippen molar-refractivity contribution in [3.8, 4) is 0 Å². The van der Waals surface area contributed by atoms with E-state index in [9.17, 15) is 0 Å². The maximum atomic E-state index is 5.57. The van der Waals surface area contributed by atoms with E-state index < -0.39 is 0 Å². The molecule has 2 unspecified atom stereocenters. The van der Waals surface area contributed by atoms with Crippen LogP contribution in [0, 0.1) is 0 Å². The summed E-state index contributed by atoms with van der Waals surface area (Å²) >= 11 is 0. The molecule has 0 aromatic heterocycles. The SMILES string of the molecule is CCc1ccc(C(CC(C)OC)NN)cc1. The van der Waals surface area contributed by atoms with Gasteiger partial charge in [-0.2, -0.15) is 0 Å². The van der Waals surface area contributed by atoms with Crippen LogP contribution >= 0.6 is 0 Å². The average molecular weight is 222 g/mol. The number of hydrogen-bond acceptors (Lipinski definition) is 3. The first-order valence-electron chi connectivity index (χ1n) is 5.79. The van der Waals surface area contributed by atoms with Crippen molar-refractivity contribution < 1.29 is 4.74 Å². The second kappa shape index (κ2) is 6.63. The van der Waals surface area contributed by atoms with Gasteiger partial charge in [0.1, 0.15) is 0 Å². The Kier molecular flexibility index (Phi) is 5.46. The van der Waals surface area contributed by atoms with Gasteiger partial charge in [0.05, 0.1) is 6.10 Å². The molecule has 0 aliphatic carbocycles. The van der Waals surface area contributed by atoms with Crippen LogP contribution in [-0.4, -0.2) is 13.2 Å². The van der Waals surface area contributed by atoms with E-state index in [1.165, 1.54) is 11.1 Å². The maximum Gasteiger partial charge on any atom is 0.0561 e. The van der Waals surface area contributed by atoms with Crippen LogP contribution in [0.1, 0.15) is 37.4 Å². The molecule has 0 saturated heterocycles. The summed E-state index contributed by atoms with van der Waals surface area (Å²) in [4.78, 5) is 0. The van der Waals surface area contributed by atoms with E-state index in [4.69, 9.17) is 10.6 Å². The van der Waals surface area contributed by atoms with E-state index in [-0.39, 0.29) is 12.1 Å². The molecule has 1 aromatic carbocycles. The van der Waals surface area contributed by atoms with Gasteiger partial charge in [-0.1, -0.05) is 31.2 Å². The summed E-state index contributed by atoms with van der Waals surface area (Å²) in [7, 11) is 1.72. The predicted octanol–water partition coefficient (Wildman–Crippen LogP) is 2.18. The fourth-order valence-electron chi connectivity index (χ4n) is 1.71. The minimum Gasteiger partial charge on any atom is -0.382 e. The minimum atomic E-state index is 0.154. The van der Waals surface area contributed by atoms with Crippen molar-refractivity contribution in [3.05, 3.63) is 35.4 Å². The summed E-state index contributed by atoms with van der Waals surface area (Å²) < 4.78 is 5.25. The highest BCUT2D eigenvalue weighted by molar-refractivity contribution is 5.25. The van der Waals surface area contributed by atoms with E-state index in [1.54, 1.807) is 7.11 Å². The molecule has 0 saturated carbocycles. The third-order valence-corrected chi connectivity index (χ3v) is 2.96. The molecular weight excluding hydrogens is 200 g/mol. The number of hydrogen-bond donors (Lipinski definition) is 2. The summed E-state index contributed by atoms with van der Waals surface area (Å²) in [5.74, 6) is 5.57. The molecule has 1 aromatic rings. The van der Waals surface area contributed by atoms with Crippen LogP contribution in [0.2, 0.25) is 0 Å². The number of nitrogens with two attached hydrogens (primary N) is 1. The fraction of sp³-hybridized carbons (Fsp3) is 0.538. The van der Waals surface area contributed by atoms with E-state index in [2.05, 4.69) is 36.6 Å². The Balaban J connectivity index is 2.70. The Morgan fingerprint density at radius 3 is 2.38 bits per heavy atom. The zero-order valence-corrected chi connectivity index (χ0v) is 10.4. The largest absolute Gasteiger partial charge is 0.382 e. The van der Waals surface area contributed by atoms with Crippen LogP contribution in [-0.2, 0) is 11.2 Å². The summed E-state index contributed by atoms with van der Waals surface area (Å²) in [5, 5.41) is 0. The molecule has 0 spiro atoms. The van der Waals surface area contributed by atoms with Gasteiger partial charge < -0.3 is 4.74 Å². The van der Waals surface area contributed by atoms with Gasteiger partial charge in [-0.05, 0) is 30.9 Å². The monoisotopic (exact) mass is 222 g/mol. The molecule has 0 aliphatic rings. The highest BCUT2D eigenvalue weighted by Crippen LogP contribution is 2.19. The number of benzene rings is 1. The Morgan fingerprint density at radius 2 is 1.94 bits per heavy atom. The van der Waals surface area contributed by atoms with Gasteiger partial charge in [0, 0.05) is 13.2 Å². The van der Waals surface area contributed by atoms with Crippen LogP contribution in [0.15, 0.2) is 24.3 Å². The molecule has 0 radical (unpaired) electrons. The van der Waals surface area contributed by atoms with Crippen molar-refractivity contribution in [1.29, 1.82) is 0 Å². The fourth-order valence-corrected chi connectivity index (χ4v) is 1.71. The van der Waals surface area contributed by atoms with Crippen LogP contribution in [0.5, 0.6) is 0 Å². The molecule has 2 atom stereocenters. The van der Waals surface area contributed by atoms with E-state index in [0.29, 0.717) is 0 Å². The number of methoxy groups -OCH3 is 1. The first-order valence-corrected chi connectivity index (χ1v) is 5.79. The Labute approximate surface area is 98.0 Å². The predicted molar refractivity (Wildman–Crippen MR) is 67.0 cm³/mol. The molecule has 3 heteroatoms. The van der Waals surface area contributed by atoms with E-state index in [1.807, 2.05) is 6.92 Å². The number of ether oxygens (including phenoxy) is 1. The molecular formula is C13H22N2O. The number of nitrogens with one attached hydrogen (secondary N) is 1. The van der Waals surface area contributed by atoms with Gasteiger partial charge in [-0.25, -0.2) is 0 Å². The summed E-state index contributed by atoms with van der Waals surface area (Å²) in [5.41, 5.74) is 5.40. The molecule has 0 aliphatic heterocycles. The zero-order valence-electron chi connectivity index (χ0n) is 10.4.